The molecule has 2 aliphatic carbocycles. The topological polar surface area (TPSA) is 32.8 Å². The van der Waals surface area contributed by atoms with Crippen LogP contribution in [-0.2, 0) is 10.8 Å². The summed E-state index contributed by atoms with van der Waals surface area (Å²) in [4.78, 5) is 4.73. The van der Waals surface area contributed by atoms with E-state index in [4.69, 9.17) is 8.83 Å². The lowest BCUT2D eigenvalue weighted by atomic mass is 9.66. The van der Waals surface area contributed by atoms with E-state index >= 15 is 0 Å². The second-order valence-electron chi connectivity index (χ2n) is 30.4. The molecule has 0 spiro atoms. The molecule has 2 aliphatic rings. The molecule has 2 heterocycles. The number of para-hydroxylation sites is 1. The van der Waals surface area contributed by atoms with Gasteiger partial charge in [0.1, 0.15) is 22.3 Å². The number of anilines is 6. The summed E-state index contributed by atoms with van der Waals surface area (Å²) in [5.41, 5.74) is 31.0. The Morgan fingerprint density at radius 1 is 0.190 bits per heavy atom. The highest BCUT2D eigenvalue weighted by atomic mass is 16.3. The molecular formula is C112H74N2O2. The second-order valence-corrected chi connectivity index (χ2v) is 30.4. The van der Waals surface area contributed by atoms with E-state index < -0.39 is 10.8 Å². The summed E-state index contributed by atoms with van der Waals surface area (Å²) in [5, 5.41) is 9.33. The highest BCUT2D eigenvalue weighted by molar-refractivity contribution is 6.16. The van der Waals surface area contributed by atoms with Crippen LogP contribution in [0.1, 0.15) is 44.5 Å². The average molecular weight is 1480 g/mol. The van der Waals surface area contributed by atoms with Crippen molar-refractivity contribution in [2.24, 2.45) is 0 Å². The van der Waals surface area contributed by atoms with Gasteiger partial charge >= 0.3 is 0 Å². The third-order valence-electron chi connectivity index (χ3n) is 24.3. The van der Waals surface area contributed by atoms with E-state index in [0.717, 1.165) is 83.6 Å². The number of fused-ring (bicyclic) bond motifs is 16. The third-order valence-corrected chi connectivity index (χ3v) is 24.3. The van der Waals surface area contributed by atoms with E-state index in [1.54, 1.807) is 0 Å². The molecule has 116 heavy (non-hydrogen) atoms. The van der Waals surface area contributed by atoms with Crippen LogP contribution in [0, 0.1) is 0 Å². The Morgan fingerprint density at radius 3 is 0.991 bits per heavy atom. The van der Waals surface area contributed by atoms with Crippen LogP contribution in [0.5, 0.6) is 0 Å². The summed E-state index contributed by atoms with van der Waals surface area (Å²) >= 11 is 0. The van der Waals surface area contributed by atoms with E-state index in [1.807, 2.05) is 0 Å². The number of rotatable bonds is 13. The Hall–Kier alpha value is -15.1. The summed E-state index contributed by atoms with van der Waals surface area (Å²) in [6, 6.07) is 163. The van der Waals surface area contributed by atoms with Gasteiger partial charge in [0.15, 0.2) is 0 Å². The van der Waals surface area contributed by atoms with Crippen molar-refractivity contribution in [1.82, 2.24) is 0 Å². The van der Waals surface area contributed by atoms with E-state index in [9.17, 15) is 0 Å². The van der Waals surface area contributed by atoms with E-state index in [0.29, 0.717) is 0 Å². The molecule has 23 rings (SSSR count). The molecule has 0 fully saturated rings. The molecule has 4 heteroatoms. The number of nitrogens with zero attached hydrogens (tertiary/aromatic N) is 2. The molecule has 0 N–H and O–H groups in total. The molecule has 19 aromatic carbocycles. The van der Waals surface area contributed by atoms with Gasteiger partial charge in [-0.25, -0.2) is 0 Å². The Bertz CT molecular complexity index is 7300. The van der Waals surface area contributed by atoms with Crippen LogP contribution in [0.15, 0.2) is 458 Å². The monoisotopic (exact) mass is 1480 g/mol. The summed E-state index contributed by atoms with van der Waals surface area (Å²) in [7, 11) is 0. The maximum Gasteiger partial charge on any atom is 0.137 e. The fourth-order valence-corrected chi connectivity index (χ4v) is 19.3. The maximum absolute atomic E-state index is 7.00. The average Bonchev–Trinajstić information content (AvgIpc) is 1.41. The van der Waals surface area contributed by atoms with E-state index in [-0.39, 0.29) is 0 Å². The van der Waals surface area contributed by atoms with Crippen molar-refractivity contribution in [2.45, 2.75) is 10.8 Å². The zero-order valence-electron chi connectivity index (χ0n) is 63.4. The van der Waals surface area contributed by atoms with Gasteiger partial charge in [-0.05, 0) is 207 Å². The van der Waals surface area contributed by atoms with Crippen molar-refractivity contribution in [3.8, 4) is 55.6 Å². The smallest absolute Gasteiger partial charge is 0.137 e. The molecule has 0 bridgehead atoms. The first-order valence-electron chi connectivity index (χ1n) is 39.9. The first-order valence-corrected chi connectivity index (χ1v) is 39.9. The number of hydrogen-bond acceptors (Lipinski definition) is 4. The molecular weight excluding hydrogens is 1410 g/mol. The minimum atomic E-state index is -0.575. The molecule has 0 aliphatic heterocycles. The lowest BCUT2D eigenvalue weighted by Crippen LogP contribution is -2.28. The summed E-state index contributed by atoms with van der Waals surface area (Å²) in [6.45, 7) is 0. The lowest BCUT2D eigenvalue weighted by Gasteiger charge is -2.34. The zero-order valence-corrected chi connectivity index (χ0v) is 63.4. The number of furan rings is 2. The van der Waals surface area contributed by atoms with Gasteiger partial charge in [-0.1, -0.05) is 364 Å². The number of benzene rings is 19. The van der Waals surface area contributed by atoms with Gasteiger partial charge in [-0.3, -0.25) is 0 Å². The molecule has 21 aromatic rings. The van der Waals surface area contributed by atoms with Gasteiger partial charge in [-0.15, -0.1) is 0 Å². The summed E-state index contributed by atoms with van der Waals surface area (Å²) < 4.78 is 13.9. The highest BCUT2D eigenvalue weighted by Gasteiger charge is 2.49. The Labute approximate surface area is 673 Å². The van der Waals surface area contributed by atoms with Crippen LogP contribution >= 0.6 is 0 Å². The van der Waals surface area contributed by atoms with Crippen molar-refractivity contribution < 1.29 is 8.83 Å². The fourth-order valence-electron chi connectivity index (χ4n) is 19.3. The van der Waals surface area contributed by atoms with Crippen LogP contribution in [0.2, 0.25) is 0 Å². The predicted octanol–water partition coefficient (Wildman–Crippen LogP) is 30.1. The van der Waals surface area contributed by atoms with Crippen LogP contribution in [-0.4, -0.2) is 0 Å². The minimum absolute atomic E-state index is 0.555. The SMILES string of the molecule is c1ccc(-c2ccc(N(c3cccc(-c4ccccc4)c3)c3cccc4oc5cc(C6(c7ccccc7)c7ccccc7-c7ccc8ccccc8c76)ccc5c34)cc2)cc1.c1ccc(-c2ccc(N(c3ccccc3)c3cccc4oc5cc(C6(c7ccccc7)c7ccccc7-c7ccc8ccccc8c76)ccc5c34)cc2)cc1. The molecule has 0 saturated heterocycles. The van der Waals surface area contributed by atoms with Crippen molar-refractivity contribution in [3.05, 3.63) is 493 Å². The van der Waals surface area contributed by atoms with Gasteiger partial charge < -0.3 is 18.6 Å². The fraction of sp³-hybridized carbons (Fsp3) is 0.0179. The molecule has 0 saturated carbocycles. The van der Waals surface area contributed by atoms with Gasteiger partial charge in [0, 0.05) is 33.5 Å². The first-order chi connectivity index (χ1) is 57.5. The van der Waals surface area contributed by atoms with Crippen molar-refractivity contribution in [2.75, 3.05) is 9.80 Å². The molecule has 0 amide bonds. The Morgan fingerprint density at radius 2 is 0.534 bits per heavy atom. The van der Waals surface area contributed by atoms with Crippen LogP contribution < -0.4 is 9.80 Å². The zero-order chi connectivity index (χ0) is 76.7. The minimum Gasteiger partial charge on any atom is -0.456 e. The van der Waals surface area contributed by atoms with Gasteiger partial charge in [-0.2, -0.15) is 0 Å². The summed E-state index contributed by atoms with van der Waals surface area (Å²) in [5.74, 6) is 0. The van der Waals surface area contributed by atoms with Crippen LogP contribution in [0.4, 0.5) is 34.1 Å². The normalized spacial score (nSPS) is 14.4. The van der Waals surface area contributed by atoms with Crippen molar-refractivity contribution >= 4 is 99.5 Å². The molecule has 0 radical (unpaired) electrons. The van der Waals surface area contributed by atoms with Gasteiger partial charge in [0.25, 0.3) is 0 Å². The Balaban J connectivity index is 0.000000141. The van der Waals surface area contributed by atoms with Gasteiger partial charge in [0.2, 0.25) is 0 Å². The molecule has 544 valence electrons. The predicted molar refractivity (Wildman–Crippen MR) is 483 cm³/mol. The van der Waals surface area contributed by atoms with Gasteiger partial charge in [0.05, 0.1) is 33.0 Å². The standard InChI is InChI=1S/C59H39NO.C53H35NO/c1-4-16-40(17-5-1)42-30-34-47(35-31-42)60(48-24-14-21-44(38-48)41-18-6-2-7-19-41)54-28-15-29-55-57(54)52-37-33-46(39-56(52)61-55)59(45-22-8-3-9-23-45)53-27-13-12-26-50(53)51-36-32-43-20-10-11-25-49(43)58(51)59;1-4-15-36(16-5-1)37-27-31-42(32-28-37)54(41-20-8-3-9-21-41)48-25-14-26-49-51(48)46-34-30-40(35-50(46)55-49)53(39-18-6-2-7-19-39)47-24-13-12-23-44(47)45-33-29-38-17-10-11-22-43(38)52(45)53/h1-39H;1-35H. The van der Waals surface area contributed by atoms with E-state index in [2.05, 4.69) is 459 Å². The summed E-state index contributed by atoms with van der Waals surface area (Å²) in [6.07, 6.45) is 0. The van der Waals surface area contributed by atoms with Crippen molar-refractivity contribution in [3.63, 3.8) is 0 Å². The lowest BCUT2D eigenvalue weighted by molar-refractivity contribution is 0.665. The molecule has 2 atom stereocenters. The number of hydrogen-bond donors (Lipinski definition) is 0. The second kappa shape index (κ2) is 28.0. The molecule has 4 nitrogen and oxygen atoms in total. The van der Waals surface area contributed by atoms with E-state index in [1.165, 1.54) is 116 Å². The Kier molecular flexibility index (Phi) is 16.3. The van der Waals surface area contributed by atoms with Crippen LogP contribution in [0.3, 0.4) is 0 Å². The first kappa shape index (κ1) is 67.8. The molecule has 2 aromatic heterocycles. The quantitative estimate of drug-likeness (QED) is 0.115. The maximum atomic E-state index is 7.00. The highest BCUT2D eigenvalue weighted by Crippen LogP contribution is 2.61. The largest absolute Gasteiger partial charge is 0.456 e. The third kappa shape index (κ3) is 10.9. The van der Waals surface area contributed by atoms with Crippen molar-refractivity contribution in [1.29, 1.82) is 0 Å². The van der Waals surface area contributed by atoms with Crippen LogP contribution in [0.25, 0.3) is 121 Å². The molecule has 2 unspecified atom stereocenters.